The molecular formula is C23H23F2NO5. The number of esters is 1. The minimum absolute atomic E-state index is 0.0452. The largest absolute Gasteiger partial charge is 0.487 e. The van der Waals surface area contributed by atoms with Crippen LogP contribution in [0.2, 0.25) is 0 Å². The van der Waals surface area contributed by atoms with Crippen LogP contribution in [0.3, 0.4) is 0 Å². The van der Waals surface area contributed by atoms with Gasteiger partial charge in [0.1, 0.15) is 35.2 Å². The molecule has 2 aromatic carbocycles. The van der Waals surface area contributed by atoms with Crippen LogP contribution in [0.25, 0.3) is 10.9 Å². The number of hydrogen-bond donors (Lipinski definition) is 1. The molecule has 0 aliphatic heterocycles. The number of carbonyl (C=O) groups is 2. The normalized spacial score (nSPS) is 11.5. The van der Waals surface area contributed by atoms with Crippen molar-refractivity contribution in [3.05, 3.63) is 65.4 Å². The Kier molecular flexibility index (Phi) is 6.29. The number of carboxylic acid groups (broad SMARTS) is 1. The highest BCUT2D eigenvalue weighted by Gasteiger charge is 2.24. The first kappa shape index (κ1) is 22.3. The number of benzene rings is 2. The Morgan fingerprint density at radius 2 is 1.84 bits per heavy atom. The van der Waals surface area contributed by atoms with E-state index in [2.05, 4.69) is 0 Å². The van der Waals surface area contributed by atoms with Crippen molar-refractivity contribution in [1.82, 2.24) is 4.57 Å². The van der Waals surface area contributed by atoms with Crippen LogP contribution >= 0.6 is 0 Å². The lowest BCUT2D eigenvalue weighted by Crippen LogP contribution is -2.19. The van der Waals surface area contributed by atoms with Crippen LogP contribution in [0.15, 0.2) is 42.5 Å². The van der Waals surface area contributed by atoms with Crippen molar-refractivity contribution < 1.29 is 33.0 Å². The van der Waals surface area contributed by atoms with Gasteiger partial charge in [-0.25, -0.2) is 22.9 Å². The molecule has 0 unspecified atom stereocenters. The Hall–Kier alpha value is -3.42. The van der Waals surface area contributed by atoms with E-state index < -0.39 is 23.7 Å². The molecule has 8 heteroatoms. The molecule has 1 aromatic heterocycles. The summed E-state index contributed by atoms with van der Waals surface area (Å²) >= 11 is 0. The molecule has 31 heavy (non-hydrogen) atoms. The van der Waals surface area contributed by atoms with Crippen LogP contribution in [0.4, 0.5) is 13.6 Å². The van der Waals surface area contributed by atoms with Crippen LogP contribution in [-0.2, 0) is 11.3 Å². The number of para-hydroxylation sites is 1. The SMILES string of the molecule is CC(C)(C)CCOC(=O)c1cc2cccc(OCc3ccc(F)cc3F)c2n1C(=O)O. The summed E-state index contributed by atoms with van der Waals surface area (Å²) in [6, 6.07) is 9.27. The van der Waals surface area contributed by atoms with Crippen LogP contribution < -0.4 is 4.74 Å². The first-order valence-corrected chi connectivity index (χ1v) is 9.68. The fourth-order valence-corrected chi connectivity index (χ4v) is 3.01. The second-order valence-electron chi connectivity index (χ2n) is 8.31. The van der Waals surface area contributed by atoms with Gasteiger partial charge in [-0.3, -0.25) is 0 Å². The van der Waals surface area contributed by atoms with Crippen LogP contribution in [-0.4, -0.2) is 28.3 Å². The van der Waals surface area contributed by atoms with E-state index in [1.165, 1.54) is 18.2 Å². The number of rotatable bonds is 6. The summed E-state index contributed by atoms with van der Waals surface area (Å²) in [5.74, 6) is -2.11. The van der Waals surface area contributed by atoms with Gasteiger partial charge in [0.15, 0.2) is 0 Å². The van der Waals surface area contributed by atoms with Gasteiger partial charge in [0, 0.05) is 17.0 Å². The summed E-state index contributed by atoms with van der Waals surface area (Å²) in [7, 11) is 0. The molecule has 0 bridgehead atoms. The lowest BCUT2D eigenvalue weighted by Gasteiger charge is -2.17. The van der Waals surface area contributed by atoms with E-state index in [1.807, 2.05) is 20.8 Å². The Balaban J connectivity index is 1.91. The van der Waals surface area contributed by atoms with Crippen molar-refractivity contribution >= 4 is 23.0 Å². The fraction of sp³-hybridized carbons (Fsp3) is 0.304. The minimum atomic E-state index is -1.39. The van der Waals surface area contributed by atoms with Crippen molar-refractivity contribution in [2.45, 2.75) is 33.8 Å². The average molecular weight is 431 g/mol. The predicted octanol–water partition coefficient (Wildman–Crippen LogP) is 5.62. The van der Waals surface area contributed by atoms with Crippen molar-refractivity contribution in [3.8, 4) is 5.75 Å². The zero-order chi connectivity index (χ0) is 22.8. The van der Waals surface area contributed by atoms with Crippen LogP contribution in [0.5, 0.6) is 5.75 Å². The summed E-state index contributed by atoms with van der Waals surface area (Å²) in [5, 5.41) is 10.2. The molecule has 0 spiro atoms. The van der Waals surface area contributed by atoms with Gasteiger partial charge < -0.3 is 14.6 Å². The Morgan fingerprint density at radius 1 is 1.10 bits per heavy atom. The van der Waals surface area contributed by atoms with Gasteiger partial charge in [0.2, 0.25) is 0 Å². The molecule has 0 aliphatic rings. The number of aromatic nitrogens is 1. The number of ether oxygens (including phenoxy) is 2. The molecule has 6 nitrogen and oxygen atoms in total. The monoisotopic (exact) mass is 431 g/mol. The zero-order valence-corrected chi connectivity index (χ0v) is 17.4. The van der Waals surface area contributed by atoms with Crippen molar-refractivity contribution in [2.24, 2.45) is 5.41 Å². The molecule has 0 atom stereocenters. The van der Waals surface area contributed by atoms with Crippen molar-refractivity contribution in [3.63, 3.8) is 0 Å². The first-order chi connectivity index (χ1) is 14.6. The molecular weight excluding hydrogens is 408 g/mol. The highest BCUT2D eigenvalue weighted by atomic mass is 19.1. The number of carbonyl (C=O) groups excluding carboxylic acids is 1. The second kappa shape index (κ2) is 8.75. The Morgan fingerprint density at radius 3 is 2.48 bits per heavy atom. The Labute approximate surface area is 178 Å². The van der Waals surface area contributed by atoms with Crippen molar-refractivity contribution in [2.75, 3.05) is 6.61 Å². The summed E-state index contributed by atoms with van der Waals surface area (Å²) in [6.07, 6.45) is -0.773. The van der Waals surface area contributed by atoms with Crippen molar-refractivity contribution in [1.29, 1.82) is 0 Å². The third-order valence-corrected chi connectivity index (χ3v) is 4.67. The smallest absolute Gasteiger partial charge is 0.416 e. The van der Waals surface area contributed by atoms with E-state index in [1.54, 1.807) is 12.1 Å². The highest BCUT2D eigenvalue weighted by molar-refractivity contribution is 6.03. The molecule has 0 saturated heterocycles. The highest BCUT2D eigenvalue weighted by Crippen LogP contribution is 2.30. The summed E-state index contributed by atoms with van der Waals surface area (Å²) in [6.45, 7) is 5.91. The predicted molar refractivity (Wildman–Crippen MR) is 110 cm³/mol. The summed E-state index contributed by atoms with van der Waals surface area (Å²) < 4.78 is 38.7. The number of hydrogen-bond acceptors (Lipinski definition) is 4. The van der Waals surface area contributed by atoms with Gasteiger partial charge >= 0.3 is 12.1 Å². The van der Waals surface area contributed by atoms with Gasteiger partial charge in [-0.05, 0) is 36.1 Å². The lowest BCUT2D eigenvalue weighted by molar-refractivity contribution is 0.0452. The molecule has 0 saturated carbocycles. The molecule has 1 N–H and O–H groups in total. The maximum absolute atomic E-state index is 13.9. The van der Waals surface area contributed by atoms with Crippen LogP contribution in [0, 0.1) is 17.0 Å². The maximum atomic E-state index is 13.9. The van der Waals surface area contributed by atoms with E-state index in [0.29, 0.717) is 11.8 Å². The molecule has 0 radical (unpaired) electrons. The van der Waals surface area contributed by atoms with E-state index in [9.17, 15) is 23.5 Å². The zero-order valence-electron chi connectivity index (χ0n) is 17.4. The van der Waals surface area contributed by atoms with Crippen LogP contribution in [0.1, 0.15) is 43.2 Å². The molecule has 164 valence electrons. The standard InChI is InChI=1S/C23H23F2NO5/c1-23(2,3)9-10-30-21(27)18-11-14-5-4-6-19(20(14)26(18)22(28)29)31-13-15-7-8-16(24)12-17(15)25/h4-8,11-12H,9-10,13H2,1-3H3,(H,28,29). The fourth-order valence-electron chi connectivity index (χ4n) is 3.01. The first-order valence-electron chi connectivity index (χ1n) is 9.68. The third kappa shape index (κ3) is 5.20. The van der Waals surface area contributed by atoms with E-state index in [-0.39, 0.29) is 41.2 Å². The number of nitrogens with zero attached hydrogens (tertiary/aromatic N) is 1. The second-order valence-corrected chi connectivity index (χ2v) is 8.31. The third-order valence-electron chi connectivity index (χ3n) is 4.67. The van der Waals surface area contributed by atoms with E-state index >= 15 is 0 Å². The molecule has 0 fully saturated rings. The summed E-state index contributed by atoms with van der Waals surface area (Å²) in [4.78, 5) is 24.5. The number of halogens is 2. The molecule has 0 amide bonds. The average Bonchev–Trinajstić information content (AvgIpc) is 3.07. The van der Waals surface area contributed by atoms with Gasteiger partial charge in [-0.2, -0.15) is 0 Å². The lowest BCUT2D eigenvalue weighted by atomic mass is 9.93. The quantitative estimate of drug-likeness (QED) is 0.513. The van der Waals surface area contributed by atoms with E-state index in [4.69, 9.17) is 9.47 Å². The van der Waals surface area contributed by atoms with E-state index in [0.717, 1.165) is 16.7 Å². The molecule has 0 aliphatic carbocycles. The van der Waals surface area contributed by atoms with Gasteiger partial charge in [-0.1, -0.05) is 32.9 Å². The molecule has 3 rings (SSSR count). The van der Waals surface area contributed by atoms with Gasteiger partial charge in [0.05, 0.1) is 6.61 Å². The Bertz CT molecular complexity index is 1130. The molecule has 1 heterocycles. The maximum Gasteiger partial charge on any atom is 0.416 e. The molecule has 3 aromatic rings. The number of fused-ring (bicyclic) bond motifs is 1. The summed E-state index contributed by atoms with van der Waals surface area (Å²) in [5.41, 5.74) is 0.0468. The van der Waals surface area contributed by atoms with Gasteiger partial charge in [-0.15, -0.1) is 0 Å². The van der Waals surface area contributed by atoms with Gasteiger partial charge in [0.25, 0.3) is 0 Å². The topological polar surface area (TPSA) is 77.8 Å². The minimum Gasteiger partial charge on any atom is -0.487 e.